The Kier molecular flexibility index (Phi) is 6.76. The van der Waals surface area contributed by atoms with E-state index in [4.69, 9.17) is 11.6 Å². The standard InChI is InChI=1S/C20H18ClFN4O3S/c1-13-3-2-4-16(26-13)11-24-20(27)14-5-6-15(23-10-14)12-25-30(28,29)17-7-8-19(22)18(21)9-17/h2-10,25H,11-12H2,1H3,(H,24,27). The molecular formula is C20H18ClFN4O3S. The van der Waals surface area contributed by atoms with Crippen molar-refractivity contribution in [3.8, 4) is 0 Å². The minimum Gasteiger partial charge on any atom is -0.346 e. The molecule has 2 aromatic heterocycles. The molecule has 0 bridgehead atoms. The molecule has 3 rings (SSSR count). The van der Waals surface area contributed by atoms with Crippen molar-refractivity contribution in [1.29, 1.82) is 0 Å². The first kappa shape index (κ1) is 21.8. The highest BCUT2D eigenvalue weighted by atomic mass is 35.5. The van der Waals surface area contributed by atoms with E-state index in [0.717, 1.165) is 29.6 Å². The van der Waals surface area contributed by atoms with Gasteiger partial charge in [-0.2, -0.15) is 0 Å². The van der Waals surface area contributed by atoms with E-state index in [1.165, 1.54) is 6.20 Å². The summed E-state index contributed by atoms with van der Waals surface area (Å²) in [7, 11) is -3.89. The molecule has 2 heterocycles. The molecule has 0 unspecified atom stereocenters. The maximum Gasteiger partial charge on any atom is 0.253 e. The molecule has 0 spiro atoms. The smallest absolute Gasteiger partial charge is 0.253 e. The summed E-state index contributed by atoms with van der Waals surface area (Å²) in [5.41, 5.74) is 2.34. The van der Waals surface area contributed by atoms with Crippen LogP contribution < -0.4 is 10.0 Å². The largest absolute Gasteiger partial charge is 0.346 e. The molecule has 0 aliphatic carbocycles. The van der Waals surface area contributed by atoms with Crippen LogP contribution in [0.2, 0.25) is 5.02 Å². The van der Waals surface area contributed by atoms with Gasteiger partial charge in [-0.25, -0.2) is 17.5 Å². The van der Waals surface area contributed by atoms with Gasteiger partial charge >= 0.3 is 0 Å². The summed E-state index contributed by atoms with van der Waals surface area (Å²) >= 11 is 5.64. The van der Waals surface area contributed by atoms with Gasteiger partial charge in [0.1, 0.15) is 5.82 Å². The predicted octanol–water partition coefficient (Wildman–Crippen LogP) is 2.99. The topological polar surface area (TPSA) is 101 Å². The number of amides is 1. The lowest BCUT2D eigenvalue weighted by Gasteiger charge is -2.08. The van der Waals surface area contributed by atoms with Crippen molar-refractivity contribution < 1.29 is 17.6 Å². The van der Waals surface area contributed by atoms with Crippen molar-refractivity contribution in [2.24, 2.45) is 0 Å². The zero-order valence-electron chi connectivity index (χ0n) is 15.9. The van der Waals surface area contributed by atoms with E-state index >= 15 is 0 Å². The maximum absolute atomic E-state index is 13.2. The maximum atomic E-state index is 13.2. The third-order valence-electron chi connectivity index (χ3n) is 4.11. The zero-order chi connectivity index (χ0) is 21.7. The molecule has 0 aliphatic heterocycles. The minimum atomic E-state index is -3.89. The van der Waals surface area contributed by atoms with E-state index in [1.54, 1.807) is 12.1 Å². The van der Waals surface area contributed by atoms with Gasteiger partial charge in [0.05, 0.1) is 40.0 Å². The van der Waals surface area contributed by atoms with E-state index < -0.39 is 15.8 Å². The van der Waals surface area contributed by atoms with Crippen LogP contribution in [0.4, 0.5) is 4.39 Å². The van der Waals surface area contributed by atoms with Crippen LogP contribution in [0.15, 0.2) is 59.6 Å². The molecule has 7 nitrogen and oxygen atoms in total. The van der Waals surface area contributed by atoms with E-state index in [9.17, 15) is 17.6 Å². The van der Waals surface area contributed by atoms with Crippen molar-refractivity contribution >= 4 is 27.5 Å². The van der Waals surface area contributed by atoms with E-state index in [1.807, 2.05) is 25.1 Å². The van der Waals surface area contributed by atoms with Gasteiger partial charge in [-0.15, -0.1) is 0 Å². The second-order valence-corrected chi connectivity index (χ2v) is 8.57. The van der Waals surface area contributed by atoms with Gasteiger partial charge in [0.2, 0.25) is 10.0 Å². The van der Waals surface area contributed by atoms with Crippen LogP contribution in [0.25, 0.3) is 0 Å². The highest BCUT2D eigenvalue weighted by Gasteiger charge is 2.16. The van der Waals surface area contributed by atoms with Crippen molar-refractivity contribution in [2.75, 3.05) is 0 Å². The van der Waals surface area contributed by atoms with E-state index in [-0.39, 0.29) is 28.9 Å². The SMILES string of the molecule is Cc1cccc(CNC(=O)c2ccc(CNS(=O)(=O)c3ccc(F)c(Cl)c3)nc2)n1. The van der Waals surface area contributed by atoms with Crippen LogP contribution >= 0.6 is 11.6 Å². The van der Waals surface area contributed by atoms with Crippen LogP contribution in [-0.4, -0.2) is 24.3 Å². The third kappa shape index (κ3) is 5.59. The van der Waals surface area contributed by atoms with Gasteiger partial charge in [-0.1, -0.05) is 17.7 Å². The molecule has 30 heavy (non-hydrogen) atoms. The first-order chi connectivity index (χ1) is 14.2. The number of aryl methyl sites for hydroxylation is 1. The average molecular weight is 449 g/mol. The van der Waals surface area contributed by atoms with Crippen molar-refractivity contribution in [3.63, 3.8) is 0 Å². The summed E-state index contributed by atoms with van der Waals surface area (Å²) in [6.45, 7) is 2.04. The van der Waals surface area contributed by atoms with Gasteiger partial charge in [0, 0.05) is 11.9 Å². The van der Waals surface area contributed by atoms with Gasteiger partial charge in [-0.05, 0) is 49.4 Å². The number of nitrogens with one attached hydrogen (secondary N) is 2. The number of pyridine rings is 2. The lowest BCUT2D eigenvalue weighted by Crippen LogP contribution is -2.25. The van der Waals surface area contributed by atoms with Crippen molar-refractivity contribution in [3.05, 3.63) is 88.2 Å². The first-order valence-electron chi connectivity index (χ1n) is 8.85. The molecule has 1 amide bonds. The molecule has 0 fully saturated rings. The molecule has 156 valence electrons. The van der Waals surface area contributed by atoms with Gasteiger partial charge in [-0.3, -0.25) is 14.8 Å². The van der Waals surface area contributed by atoms with E-state index in [0.29, 0.717) is 11.3 Å². The highest BCUT2D eigenvalue weighted by Crippen LogP contribution is 2.19. The molecule has 10 heteroatoms. The summed E-state index contributed by atoms with van der Waals surface area (Å²) < 4.78 is 40.2. The lowest BCUT2D eigenvalue weighted by molar-refractivity contribution is 0.0950. The Hall–Kier alpha value is -2.88. The van der Waals surface area contributed by atoms with Gasteiger partial charge in [0.15, 0.2) is 0 Å². The second-order valence-electron chi connectivity index (χ2n) is 6.39. The number of carbonyl (C=O) groups excluding carboxylic acids is 1. The van der Waals surface area contributed by atoms with Crippen molar-refractivity contribution in [2.45, 2.75) is 24.9 Å². The zero-order valence-corrected chi connectivity index (χ0v) is 17.5. The van der Waals surface area contributed by atoms with E-state index in [2.05, 4.69) is 20.0 Å². The Balaban J connectivity index is 1.58. The first-order valence-corrected chi connectivity index (χ1v) is 10.7. The molecule has 2 N–H and O–H groups in total. The molecule has 3 aromatic rings. The third-order valence-corrected chi connectivity index (χ3v) is 5.80. The number of halogens is 2. The second kappa shape index (κ2) is 9.29. The number of rotatable bonds is 7. The highest BCUT2D eigenvalue weighted by molar-refractivity contribution is 7.89. The Labute approximate surface area is 178 Å². The normalized spacial score (nSPS) is 11.3. The van der Waals surface area contributed by atoms with Gasteiger partial charge in [0.25, 0.3) is 5.91 Å². The molecule has 0 aliphatic rings. The van der Waals surface area contributed by atoms with Crippen LogP contribution in [0.5, 0.6) is 0 Å². The average Bonchev–Trinajstić information content (AvgIpc) is 2.73. The van der Waals surface area contributed by atoms with Crippen LogP contribution in [0, 0.1) is 12.7 Å². The summed E-state index contributed by atoms with van der Waals surface area (Å²) in [5.74, 6) is -1.02. The Morgan fingerprint density at radius 1 is 1.10 bits per heavy atom. The summed E-state index contributed by atoms with van der Waals surface area (Å²) in [6.07, 6.45) is 1.36. The number of sulfonamides is 1. The molecule has 0 atom stereocenters. The monoisotopic (exact) mass is 448 g/mol. The number of benzene rings is 1. The molecular weight excluding hydrogens is 431 g/mol. The molecule has 0 saturated heterocycles. The van der Waals surface area contributed by atoms with Crippen molar-refractivity contribution in [1.82, 2.24) is 20.0 Å². The molecule has 1 aromatic carbocycles. The molecule has 0 saturated carbocycles. The predicted molar refractivity (Wildman–Crippen MR) is 110 cm³/mol. The Morgan fingerprint density at radius 2 is 1.90 bits per heavy atom. The fourth-order valence-electron chi connectivity index (χ4n) is 2.53. The summed E-state index contributed by atoms with van der Waals surface area (Å²) in [5, 5.41) is 2.47. The van der Waals surface area contributed by atoms with Crippen LogP contribution in [0.1, 0.15) is 27.4 Å². The fourth-order valence-corrected chi connectivity index (χ4v) is 3.80. The lowest BCUT2D eigenvalue weighted by atomic mass is 10.2. The van der Waals surface area contributed by atoms with Crippen LogP contribution in [0.3, 0.4) is 0 Å². The number of hydrogen-bond donors (Lipinski definition) is 2. The number of nitrogens with zero attached hydrogens (tertiary/aromatic N) is 2. The fraction of sp³-hybridized carbons (Fsp3) is 0.150. The molecule has 0 radical (unpaired) electrons. The minimum absolute atomic E-state index is 0.105. The number of carbonyl (C=O) groups is 1. The Bertz CT molecular complexity index is 1170. The quantitative estimate of drug-likeness (QED) is 0.578. The number of aromatic nitrogens is 2. The summed E-state index contributed by atoms with van der Waals surface area (Å²) in [4.78, 5) is 20.5. The number of hydrogen-bond acceptors (Lipinski definition) is 5. The van der Waals surface area contributed by atoms with Gasteiger partial charge < -0.3 is 5.32 Å². The van der Waals surface area contributed by atoms with Crippen LogP contribution in [-0.2, 0) is 23.1 Å². The summed E-state index contributed by atoms with van der Waals surface area (Å²) in [6, 6.07) is 11.8. The Morgan fingerprint density at radius 3 is 2.57 bits per heavy atom.